The first-order valence-corrected chi connectivity index (χ1v) is 6.38. The summed E-state index contributed by atoms with van der Waals surface area (Å²) in [6.45, 7) is 2.81. The quantitative estimate of drug-likeness (QED) is 0.762. The SMILES string of the molecule is O=C(N1CCNCC1)n1c(=O)ccc2ccccc21. The van der Waals surface area contributed by atoms with E-state index in [1.54, 1.807) is 17.0 Å². The van der Waals surface area contributed by atoms with Gasteiger partial charge in [-0.15, -0.1) is 0 Å². The summed E-state index contributed by atoms with van der Waals surface area (Å²) in [5.74, 6) is 0. The molecular weight excluding hydrogens is 242 g/mol. The molecule has 5 nitrogen and oxygen atoms in total. The molecule has 1 aromatic carbocycles. The Morgan fingerprint density at radius 2 is 1.79 bits per heavy atom. The van der Waals surface area contributed by atoms with Crippen molar-refractivity contribution in [2.45, 2.75) is 0 Å². The number of pyridine rings is 1. The van der Waals surface area contributed by atoms with E-state index in [0.717, 1.165) is 18.5 Å². The predicted octanol–water partition coefficient (Wildman–Crippen LogP) is 0.875. The second-order valence-electron chi connectivity index (χ2n) is 4.59. The van der Waals surface area contributed by atoms with Crippen LogP contribution in [0.4, 0.5) is 4.79 Å². The standard InChI is InChI=1S/C14H15N3O2/c18-13-6-5-11-3-1-2-4-12(11)17(13)14(19)16-9-7-15-8-10-16/h1-6,15H,7-10H2. The summed E-state index contributed by atoms with van der Waals surface area (Å²) in [7, 11) is 0. The number of aromatic nitrogens is 1. The van der Waals surface area contributed by atoms with Gasteiger partial charge in [-0.1, -0.05) is 18.2 Å². The van der Waals surface area contributed by atoms with E-state index in [9.17, 15) is 9.59 Å². The van der Waals surface area contributed by atoms with Crippen LogP contribution in [0.3, 0.4) is 0 Å². The highest BCUT2D eigenvalue weighted by atomic mass is 16.2. The lowest BCUT2D eigenvalue weighted by Gasteiger charge is -2.28. The molecule has 0 bridgehead atoms. The molecule has 2 heterocycles. The van der Waals surface area contributed by atoms with Crippen molar-refractivity contribution < 1.29 is 4.79 Å². The third-order valence-electron chi connectivity index (χ3n) is 3.38. The summed E-state index contributed by atoms with van der Waals surface area (Å²) in [5.41, 5.74) is 0.390. The Morgan fingerprint density at radius 3 is 2.58 bits per heavy atom. The molecule has 0 atom stereocenters. The highest BCUT2D eigenvalue weighted by Crippen LogP contribution is 2.12. The van der Waals surface area contributed by atoms with E-state index in [-0.39, 0.29) is 11.6 Å². The molecule has 1 saturated heterocycles. The Balaban J connectivity index is 2.10. The number of fused-ring (bicyclic) bond motifs is 1. The van der Waals surface area contributed by atoms with Gasteiger partial charge in [-0.2, -0.15) is 0 Å². The van der Waals surface area contributed by atoms with Crippen LogP contribution in [0, 0.1) is 0 Å². The molecule has 1 N–H and O–H groups in total. The number of piperazine rings is 1. The molecule has 3 rings (SSSR count). The number of carbonyl (C=O) groups is 1. The van der Waals surface area contributed by atoms with Crippen molar-refractivity contribution >= 4 is 16.9 Å². The molecule has 1 amide bonds. The number of rotatable bonds is 0. The number of amides is 1. The molecule has 5 heteroatoms. The van der Waals surface area contributed by atoms with Crippen LogP contribution in [0.2, 0.25) is 0 Å². The Kier molecular flexibility index (Phi) is 3.05. The van der Waals surface area contributed by atoms with Gasteiger partial charge in [0.05, 0.1) is 5.52 Å². The summed E-state index contributed by atoms with van der Waals surface area (Å²) in [5, 5.41) is 4.09. The summed E-state index contributed by atoms with van der Waals surface area (Å²) in [6.07, 6.45) is 0. The first-order chi connectivity index (χ1) is 9.27. The van der Waals surface area contributed by atoms with Gasteiger partial charge in [0.25, 0.3) is 5.56 Å². The Hall–Kier alpha value is -2.14. The first-order valence-electron chi connectivity index (χ1n) is 6.38. The van der Waals surface area contributed by atoms with E-state index < -0.39 is 0 Å². The van der Waals surface area contributed by atoms with Gasteiger partial charge in [-0.3, -0.25) is 4.79 Å². The third kappa shape index (κ3) is 2.13. The highest BCUT2D eigenvalue weighted by molar-refractivity contribution is 5.90. The van der Waals surface area contributed by atoms with E-state index in [0.29, 0.717) is 18.6 Å². The molecule has 19 heavy (non-hydrogen) atoms. The average molecular weight is 257 g/mol. The van der Waals surface area contributed by atoms with Crippen LogP contribution >= 0.6 is 0 Å². The maximum absolute atomic E-state index is 12.5. The number of nitrogens with one attached hydrogen (secondary N) is 1. The lowest BCUT2D eigenvalue weighted by Crippen LogP contribution is -2.49. The van der Waals surface area contributed by atoms with Gasteiger partial charge in [0.1, 0.15) is 0 Å². The van der Waals surface area contributed by atoms with Gasteiger partial charge in [0.2, 0.25) is 0 Å². The number of carbonyl (C=O) groups excluding carboxylic acids is 1. The summed E-state index contributed by atoms with van der Waals surface area (Å²) < 4.78 is 1.26. The fraction of sp³-hybridized carbons (Fsp3) is 0.286. The summed E-state index contributed by atoms with van der Waals surface area (Å²) in [6, 6.07) is 10.4. The van der Waals surface area contributed by atoms with Crippen molar-refractivity contribution in [2.24, 2.45) is 0 Å². The number of benzene rings is 1. The molecule has 1 fully saturated rings. The number of hydrogen-bond donors (Lipinski definition) is 1. The van der Waals surface area contributed by atoms with E-state index in [1.165, 1.54) is 10.6 Å². The van der Waals surface area contributed by atoms with Crippen LogP contribution in [0.25, 0.3) is 10.9 Å². The molecule has 2 aromatic rings. The van der Waals surface area contributed by atoms with Crippen molar-refractivity contribution in [3.8, 4) is 0 Å². The van der Waals surface area contributed by atoms with E-state index >= 15 is 0 Å². The van der Waals surface area contributed by atoms with Gasteiger partial charge >= 0.3 is 6.03 Å². The van der Waals surface area contributed by atoms with Crippen LogP contribution in [0.5, 0.6) is 0 Å². The van der Waals surface area contributed by atoms with Gasteiger partial charge in [0, 0.05) is 32.2 Å². The van der Waals surface area contributed by atoms with Gasteiger partial charge < -0.3 is 10.2 Å². The monoisotopic (exact) mass is 257 g/mol. The molecule has 0 radical (unpaired) electrons. The van der Waals surface area contributed by atoms with Crippen LogP contribution in [0.1, 0.15) is 0 Å². The maximum atomic E-state index is 12.5. The normalized spacial score (nSPS) is 15.7. The number of para-hydroxylation sites is 1. The minimum Gasteiger partial charge on any atom is -0.321 e. The number of hydrogen-bond acceptors (Lipinski definition) is 3. The molecule has 0 aliphatic carbocycles. The molecule has 1 aliphatic heterocycles. The first kappa shape index (κ1) is 11.9. The average Bonchev–Trinajstić information content (AvgIpc) is 2.47. The lowest BCUT2D eigenvalue weighted by molar-refractivity contribution is 0.192. The molecule has 0 spiro atoms. The van der Waals surface area contributed by atoms with E-state index in [2.05, 4.69) is 5.32 Å². The van der Waals surface area contributed by atoms with Crippen molar-refractivity contribution in [2.75, 3.05) is 26.2 Å². The van der Waals surface area contributed by atoms with Crippen LogP contribution in [0.15, 0.2) is 41.2 Å². The van der Waals surface area contributed by atoms with E-state index in [1.807, 2.05) is 18.2 Å². The van der Waals surface area contributed by atoms with Crippen LogP contribution in [-0.2, 0) is 0 Å². The van der Waals surface area contributed by atoms with Gasteiger partial charge in [0.15, 0.2) is 0 Å². The Labute approximate surface area is 110 Å². The molecular formula is C14H15N3O2. The largest absolute Gasteiger partial charge is 0.331 e. The highest BCUT2D eigenvalue weighted by Gasteiger charge is 2.20. The smallest absolute Gasteiger partial charge is 0.321 e. The van der Waals surface area contributed by atoms with Crippen molar-refractivity contribution in [3.05, 3.63) is 46.8 Å². The fourth-order valence-corrected chi connectivity index (χ4v) is 2.38. The third-order valence-corrected chi connectivity index (χ3v) is 3.38. The summed E-state index contributed by atoms with van der Waals surface area (Å²) >= 11 is 0. The second-order valence-corrected chi connectivity index (χ2v) is 4.59. The van der Waals surface area contributed by atoms with Crippen molar-refractivity contribution in [1.82, 2.24) is 14.8 Å². The fourth-order valence-electron chi connectivity index (χ4n) is 2.38. The minimum absolute atomic E-state index is 0.233. The van der Waals surface area contributed by atoms with Crippen LogP contribution < -0.4 is 10.9 Å². The zero-order chi connectivity index (χ0) is 13.2. The van der Waals surface area contributed by atoms with E-state index in [4.69, 9.17) is 0 Å². The Morgan fingerprint density at radius 1 is 1.05 bits per heavy atom. The minimum atomic E-state index is -0.276. The second kappa shape index (κ2) is 4.85. The zero-order valence-corrected chi connectivity index (χ0v) is 10.5. The lowest BCUT2D eigenvalue weighted by atomic mass is 10.2. The molecule has 1 aliphatic rings. The Bertz CT molecular complexity index is 672. The molecule has 0 saturated carbocycles. The summed E-state index contributed by atoms with van der Waals surface area (Å²) in [4.78, 5) is 26.2. The van der Waals surface area contributed by atoms with Crippen LogP contribution in [-0.4, -0.2) is 41.7 Å². The molecule has 1 aromatic heterocycles. The maximum Gasteiger partial charge on any atom is 0.331 e. The molecule has 98 valence electrons. The van der Waals surface area contributed by atoms with Crippen molar-refractivity contribution in [3.63, 3.8) is 0 Å². The van der Waals surface area contributed by atoms with Gasteiger partial charge in [-0.25, -0.2) is 9.36 Å². The van der Waals surface area contributed by atoms with Gasteiger partial charge in [-0.05, 0) is 17.5 Å². The molecule has 0 unspecified atom stereocenters. The number of nitrogens with zero attached hydrogens (tertiary/aromatic N) is 2. The topological polar surface area (TPSA) is 54.3 Å². The van der Waals surface area contributed by atoms with Crippen molar-refractivity contribution in [1.29, 1.82) is 0 Å². The zero-order valence-electron chi connectivity index (χ0n) is 10.5. The predicted molar refractivity (Wildman–Crippen MR) is 73.4 cm³/mol.